The first kappa shape index (κ1) is 17.8. The first-order valence-electron chi connectivity index (χ1n) is 8.15. The van der Waals surface area contributed by atoms with Gasteiger partial charge >= 0.3 is 5.97 Å². The number of carboxylic acids is 1. The zero-order valence-electron chi connectivity index (χ0n) is 14.0. The van der Waals surface area contributed by atoms with E-state index < -0.39 is 5.97 Å². The van der Waals surface area contributed by atoms with Crippen LogP contribution in [-0.2, 0) is 13.2 Å². The minimum absolute atomic E-state index is 0.0869. The number of ether oxygens (including phenoxy) is 1. The fraction of sp³-hybridized carbons (Fsp3) is 0.0952. The molecule has 0 fully saturated rings. The number of para-hydroxylation sites is 1. The van der Waals surface area contributed by atoms with E-state index in [1.807, 2.05) is 54.6 Å². The summed E-state index contributed by atoms with van der Waals surface area (Å²) in [5.74, 6) is -0.238. The highest BCUT2D eigenvalue weighted by Crippen LogP contribution is 2.24. The van der Waals surface area contributed by atoms with E-state index in [9.17, 15) is 4.79 Å². The third-order valence-corrected chi connectivity index (χ3v) is 4.20. The Morgan fingerprint density at radius 2 is 1.73 bits per heavy atom. The van der Waals surface area contributed by atoms with Crippen molar-refractivity contribution < 1.29 is 14.6 Å². The molecule has 132 valence electrons. The van der Waals surface area contributed by atoms with Crippen LogP contribution in [0.5, 0.6) is 5.75 Å². The van der Waals surface area contributed by atoms with E-state index in [0.29, 0.717) is 13.2 Å². The normalized spacial score (nSPS) is 10.3. The summed E-state index contributed by atoms with van der Waals surface area (Å²) in [5.41, 5.74) is 2.94. The summed E-state index contributed by atoms with van der Waals surface area (Å²) in [6.07, 6.45) is 0. The molecule has 0 spiro atoms. The quantitative estimate of drug-likeness (QED) is 0.600. The number of nitrogens with one attached hydrogen (secondary N) is 1. The zero-order valence-corrected chi connectivity index (χ0v) is 14.7. The highest BCUT2D eigenvalue weighted by molar-refractivity contribution is 6.33. The summed E-state index contributed by atoms with van der Waals surface area (Å²) < 4.78 is 5.94. The maximum atomic E-state index is 11.0. The second-order valence-corrected chi connectivity index (χ2v) is 6.14. The molecule has 0 atom stereocenters. The highest BCUT2D eigenvalue weighted by Gasteiger charge is 2.09. The van der Waals surface area contributed by atoms with Crippen LogP contribution in [0, 0.1) is 0 Å². The Hall–Kier alpha value is -2.98. The lowest BCUT2D eigenvalue weighted by Gasteiger charge is -2.13. The molecule has 5 heteroatoms. The predicted molar refractivity (Wildman–Crippen MR) is 103 cm³/mol. The van der Waals surface area contributed by atoms with Crippen molar-refractivity contribution in [3.8, 4) is 5.75 Å². The smallest absolute Gasteiger partial charge is 0.337 e. The summed E-state index contributed by atoms with van der Waals surface area (Å²) in [6, 6.07) is 22.6. The second kappa shape index (κ2) is 8.41. The Labute approximate surface area is 157 Å². The average molecular weight is 368 g/mol. The van der Waals surface area contributed by atoms with Gasteiger partial charge in [0.2, 0.25) is 0 Å². The van der Waals surface area contributed by atoms with Crippen LogP contribution < -0.4 is 10.1 Å². The Morgan fingerprint density at radius 3 is 2.46 bits per heavy atom. The summed E-state index contributed by atoms with van der Waals surface area (Å²) in [6.45, 7) is 1.03. The number of benzene rings is 3. The third kappa shape index (κ3) is 4.55. The Morgan fingerprint density at radius 1 is 1.00 bits per heavy atom. The van der Waals surface area contributed by atoms with Crippen LogP contribution in [0.4, 0.5) is 5.69 Å². The molecule has 0 aliphatic rings. The molecule has 3 rings (SSSR count). The van der Waals surface area contributed by atoms with Gasteiger partial charge in [-0.1, -0.05) is 60.1 Å². The van der Waals surface area contributed by atoms with Gasteiger partial charge < -0.3 is 15.2 Å². The Balaban J connectivity index is 1.67. The van der Waals surface area contributed by atoms with E-state index in [4.69, 9.17) is 21.4 Å². The van der Waals surface area contributed by atoms with Gasteiger partial charge in [0, 0.05) is 17.8 Å². The SMILES string of the molecule is O=C(O)c1ccc(NCc2ccccc2OCc2ccccc2)cc1Cl. The van der Waals surface area contributed by atoms with Gasteiger partial charge in [0.25, 0.3) is 0 Å². The zero-order chi connectivity index (χ0) is 18.4. The number of hydrogen-bond acceptors (Lipinski definition) is 3. The van der Waals surface area contributed by atoms with Gasteiger partial charge in [0.15, 0.2) is 0 Å². The Bertz CT molecular complexity index is 897. The van der Waals surface area contributed by atoms with Crippen LogP contribution in [0.25, 0.3) is 0 Å². The maximum absolute atomic E-state index is 11.0. The van der Waals surface area contributed by atoms with Crippen molar-refractivity contribution in [3.05, 3.63) is 94.5 Å². The topological polar surface area (TPSA) is 58.6 Å². The fourth-order valence-corrected chi connectivity index (χ4v) is 2.78. The van der Waals surface area contributed by atoms with Gasteiger partial charge in [-0.15, -0.1) is 0 Å². The minimum Gasteiger partial charge on any atom is -0.489 e. The van der Waals surface area contributed by atoms with Crippen molar-refractivity contribution in [1.29, 1.82) is 0 Å². The van der Waals surface area contributed by atoms with E-state index in [1.54, 1.807) is 12.1 Å². The minimum atomic E-state index is -1.04. The molecule has 26 heavy (non-hydrogen) atoms. The summed E-state index contributed by atoms with van der Waals surface area (Å²) in [7, 11) is 0. The van der Waals surface area contributed by atoms with Crippen LogP contribution in [0.15, 0.2) is 72.8 Å². The lowest BCUT2D eigenvalue weighted by atomic mass is 10.1. The van der Waals surface area contributed by atoms with Gasteiger partial charge in [-0.2, -0.15) is 0 Å². The number of aromatic carboxylic acids is 1. The molecule has 0 amide bonds. The molecule has 0 saturated carbocycles. The van der Waals surface area contributed by atoms with Crippen molar-refractivity contribution in [1.82, 2.24) is 0 Å². The van der Waals surface area contributed by atoms with Gasteiger partial charge in [0.05, 0.1) is 10.6 Å². The van der Waals surface area contributed by atoms with Gasteiger partial charge in [-0.3, -0.25) is 0 Å². The number of halogens is 1. The number of carbonyl (C=O) groups is 1. The number of anilines is 1. The number of hydrogen-bond donors (Lipinski definition) is 2. The highest BCUT2D eigenvalue weighted by atomic mass is 35.5. The molecule has 3 aromatic rings. The van der Waals surface area contributed by atoms with E-state index in [-0.39, 0.29) is 10.6 Å². The molecule has 0 bridgehead atoms. The Kier molecular flexibility index (Phi) is 5.77. The third-order valence-electron chi connectivity index (χ3n) is 3.89. The average Bonchev–Trinajstić information content (AvgIpc) is 2.66. The van der Waals surface area contributed by atoms with E-state index >= 15 is 0 Å². The first-order chi connectivity index (χ1) is 12.6. The number of carboxylic acid groups (broad SMARTS) is 1. The molecule has 0 radical (unpaired) electrons. The molecule has 0 saturated heterocycles. The van der Waals surface area contributed by atoms with Crippen LogP contribution in [-0.4, -0.2) is 11.1 Å². The monoisotopic (exact) mass is 367 g/mol. The molecule has 0 aliphatic heterocycles. The maximum Gasteiger partial charge on any atom is 0.337 e. The summed E-state index contributed by atoms with van der Waals surface area (Å²) in [4.78, 5) is 11.0. The molecular weight excluding hydrogens is 350 g/mol. The van der Waals surface area contributed by atoms with Crippen LogP contribution in [0.1, 0.15) is 21.5 Å². The fourth-order valence-electron chi connectivity index (χ4n) is 2.52. The van der Waals surface area contributed by atoms with E-state index in [0.717, 1.165) is 22.6 Å². The molecular formula is C21H18ClNO3. The van der Waals surface area contributed by atoms with Gasteiger partial charge in [-0.05, 0) is 29.8 Å². The molecule has 2 N–H and O–H groups in total. The summed E-state index contributed by atoms with van der Waals surface area (Å²) >= 11 is 6.01. The molecule has 0 heterocycles. The molecule has 4 nitrogen and oxygen atoms in total. The molecule has 0 unspecified atom stereocenters. The lowest BCUT2D eigenvalue weighted by molar-refractivity contribution is 0.0697. The second-order valence-electron chi connectivity index (χ2n) is 5.74. The first-order valence-corrected chi connectivity index (χ1v) is 8.52. The lowest BCUT2D eigenvalue weighted by Crippen LogP contribution is -2.04. The predicted octanol–water partition coefficient (Wildman–Crippen LogP) is 5.23. The summed E-state index contributed by atoms with van der Waals surface area (Å²) in [5, 5.41) is 12.5. The van der Waals surface area contributed by atoms with Crippen LogP contribution in [0.3, 0.4) is 0 Å². The van der Waals surface area contributed by atoms with Gasteiger partial charge in [-0.25, -0.2) is 4.79 Å². The molecule has 0 aliphatic carbocycles. The van der Waals surface area contributed by atoms with Crippen molar-refractivity contribution in [2.75, 3.05) is 5.32 Å². The standard InChI is InChI=1S/C21H18ClNO3/c22-19-12-17(10-11-18(19)21(24)25)23-13-16-8-4-5-9-20(16)26-14-15-6-2-1-3-7-15/h1-12,23H,13-14H2,(H,24,25). The van der Waals surface area contributed by atoms with Gasteiger partial charge in [0.1, 0.15) is 12.4 Å². The van der Waals surface area contributed by atoms with Crippen molar-refractivity contribution >= 4 is 23.3 Å². The van der Waals surface area contributed by atoms with Crippen LogP contribution >= 0.6 is 11.6 Å². The molecule has 3 aromatic carbocycles. The molecule has 0 aromatic heterocycles. The van der Waals surface area contributed by atoms with E-state index in [1.165, 1.54) is 6.07 Å². The largest absolute Gasteiger partial charge is 0.489 e. The van der Waals surface area contributed by atoms with Crippen molar-refractivity contribution in [3.63, 3.8) is 0 Å². The van der Waals surface area contributed by atoms with E-state index in [2.05, 4.69) is 5.32 Å². The van der Waals surface area contributed by atoms with Crippen LogP contribution in [0.2, 0.25) is 5.02 Å². The van der Waals surface area contributed by atoms with Crippen molar-refractivity contribution in [2.45, 2.75) is 13.2 Å². The van der Waals surface area contributed by atoms with Crippen molar-refractivity contribution in [2.24, 2.45) is 0 Å². The number of rotatable bonds is 7.